The molecule has 8 rings (SSSR count). The summed E-state index contributed by atoms with van der Waals surface area (Å²) in [5.74, 6) is 2.26. The van der Waals surface area contributed by atoms with E-state index in [0.29, 0.717) is 74.5 Å². The second-order valence-corrected chi connectivity index (χ2v) is 21.6. The Morgan fingerprint density at radius 1 is 0.750 bits per heavy atom. The molecule has 0 aliphatic carbocycles. The van der Waals surface area contributed by atoms with Crippen molar-refractivity contribution in [1.29, 1.82) is 0 Å². The lowest BCUT2D eigenvalue weighted by Crippen LogP contribution is -2.52. The van der Waals surface area contributed by atoms with E-state index in [1.165, 1.54) is 57.4 Å². The summed E-state index contributed by atoms with van der Waals surface area (Å²) < 4.78 is 0. The molecule has 64 heavy (non-hydrogen) atoms. The van der Waals surface area contributed by atoms with E-state index in [9.17, 15) is 24.0 Å². The Labute approximate surface area is 387 Å². The molecule has 5 amide bonds. The first-order chi connectivity index (χ1) is 30.8. The summed E-state index contributed by atoms with van der Waals surface area (Å²) >= 11 is 6.18. The van der Waals surface area contributed by atoms with Crippen molar-refractivity contribution >= 4 is 46.8 Å². The lowest BCUT2D eigenvalue weighted by Gasteiger charge is -2.46. The fourth-order valence-corrected chi connectivity index (χ4v) is 12.2. The van der Waals surface area contributed by atoms with Gasteiger partial charge in [0.15, 0.2) is 0 Å². The number of anilines is 1. The molecule has 348 valence electrons. The third kappa shape index (κ3) is 11.2. The molecule has 1 unspecified atom stereocenters. The highest BCUT2D eigenvalue weighted by Crippen LogP contribution is 2.44. The number of hydrogen-bond donors (Lipinski definition) is 1. The molecule has 6 aliphatic heterocycles. The van der Waals surface area contributed by atoms with Crippen LogP contribution in [-0.2, 0) is 24.0 Å². The van der Waals surface area contributed by atoms with Crippen LogP contribution < -0.4 is 10.2 Å². The minimum Gasteiger partial charge on any atom is -0.372 e. The van der Waals surface area contributed by atoms with Crippen LogP contribution in [0.5, 0.6) is 0 Å². The third-order valence-electron chi connectivity index (χ3n) is 16.0. The molecule has 6 heterocycles. The predicted molar refractivity (Wildman–Crippen MR) is 252 cm³/mol. The molecule has 6 saturated heterocycles. The zero-order chi connectivity index (χ0) is 45.0. The Morgan fingerprint density at radius 3 is 2.05 bits per heavy atom. The van der Waals surface area contributed by atoms with Gasteiger partial charge in [-0.3, -0.25) is 29.3 Å². The molecule has 0 radical (unpaired) electrons. The smallest absolute Gasteiger partial charge is 0.234 e. The number of nitrogens with one attached hydrogen (secondary N) is 1. The topological polar surface area (TPSA) is 114 Å². The summed E-state index contributed by atoms with van der Waals surface area (Å²) in [5.41, 5.74) is 2.55. The maximum absolute atomic E-state index is 14.1. The van der Waals surface area contributed by atoms with Gasteiger partial charge in [0.2, 0.25) is 29.5 Å². The van der Waals surface area contributed by atoms with Crippen molar-refractivity contribution < 1.29 is 24.0 Å². The molecule has 12 heteroatoms. The molecule has 2 aromatic rings. The zero-order valence-electron chi connectivity index (χ0n) is 38.8. The Bertz CT molecular complexity index is 1960. The van der Waals surface area contributed by atoms with Crippen molar-refractivity contribution in [3.63, 3.8) is 0 Å². The van der Waals surface area contributed by atoms with E-state index < -0.39 is 5.41 Å². The third-order valence-corrected chi connectivity index (χ3v) is 16.2. The number of rotatable bonds is 12. The van der Waals surface area contributed by atoms with Crippen molar-refractivity contribution in [2.24, 2.45) is 35.0 Å². The van der Waals surface area contributed by atoms with E-state index in [0.717, 1.165) is 62.5 Å². The maximum Gasteiger partial charge on any atom is 0.234 e. The van der Waals surface area contributed by atoms with Crippen molar-refractivity contribution in [1.82, 2.24) is 24.9 Å². The van der Waals surface area contributed by atoms with E-state index in [1.54, 1.807) is 0 Å². The van der Waals surface area contributed by atoms with Crippen LogP contribution >= 0.6 is 11.6 Å². The number of halogens is 1. The van der Waals surface area contributed by atoms with Gasteiger partial charge < -0.3 is 24.5 Å². The standard InChI is InChI=1S/C52H73ClN6O5/c1-36(2)34-59-46(40-7-9-43(53)10-8-40)13-22-52(3,51(59)64)33-48(61)57-29-20-41(21-30-57)50(63)58-27-16-38(17-28-58)31-37-14-23-55(24-15-37)35-39-18-25-56(26-19-39)44-6-4-5-42(32-44)45-11-12-47(60)54-49(45)62/h4-10,32,36-39,41,45-46H,11-31,33-35H2,1-3H3,(H,54,60,62)/t45?,46-,52+/m0/s1. The van der Waals surface area contributed by atoms with Gasteiger partial charge in [0.05, 0.1) is 17.4 Å². The normalized spacial score (nSPS) is 26.5. The van der Waals surface area contributed by atoms with Gasteiger partial charge in [0.25, 0.3) is 0 Å². The fourth-order valence-electron chi connectivity index (χ4n) is 12.0. The summed E-state index contributed by atoms with van der Waals surface area (Å²) in [6.07, 6.45) is 12.5. The lowest BCUT2D eigenvalue weighted by molar-refractivity contribution is -0.155. The number of hydrogen-bond acceptors (Lipinski definition) is 7. The van der Waals surface area contributed by atoms with Crippen molar-refractivity contribution in [3.05, 3.63) is 64.7 Å². The van der Waals surface area contributed by atoms with Crippen LogP contribution in [0.25, 0.3) is 0 Å². The van der Waals surface area contributed by atoms with Gasteiger partial charge in [0.1, 0.15) is 0 Å². The fraction of sp³-hybridized carbons (Fsp3) is 0.673. The number of carbonyl (C=O) groups is 5. The second kappa shape index (κ2) is 20.7. The Morgan fingerprint density at radius 2 is 1.39 bits per heavy atom. The molecule has 3 atom stereocenters. The Hall–Kier alpha value is -3.96. The molecule has 1 N–H and O–H groups in total. The second-order valence-electron chi connectivity index (χ2n) is 21.1. The Balaban J connectivity index is 0.713. The van der Waals surface area contributed by atoms with Crippen LogP contribution in [0.1, 0.15) is 134 Å². The average Bonchev–Trinajstić information content (AvgIpc) is 3.29. The van der Waals surface area contributed by atoms with E-state index in [-0.39, 0.29) is 53.8 Å². The summed E-state index contributed by atoms with van der Waals surface area (Å²) in [6, 6.07) is 16.2. The van der Waals surface area contributed by atoms with Gasteiger partial charge >= 0.3 is 0 Å². The number of imide groups is 1. The van der Waals surface area contributed by atoms with Gasteiger partial charge in [-0.15, -0.1) is 0 Å². The van der Waals surface area contributed by atoms with Crippen molar-refractivity contribution in [2.45, 2.75) is 123 Å². The number of carbonyl (C=O) groups excluding carboxylic acids is 5. The molecule has 0 aromatic heterocycles. The first kappa shape index (κ1) is 46.6. The predicted octanol–water partition coefficient (Wildman–Crippen LogP) is 8.07. The molecule has 6 aliphatic rings. The average molecular weight is 898 g/mol. The van der Waals surface area contributed by atoms with Crippen LogP contribution in [-0.4, -0.2) is 115 Å². The highest BCUT2D eigenvalue weighted by Gasteiger charge is 2.46. The number of likely N-dealkylation sites (tertiary alicyclic amines) is 4. The first-order valence-electron chi connectivity index (χ1n) is 24.9. The van der Waals surface area contributed by atoms with E-state index in [4.69, 9.17) is 11.6 Å². The molecule has 0 saturated carbocycles. The molecule has 11 nitrogen and oxygen atoms in total. The lowest BCUT2D eigenvalue weighted by atomic mass is 9.74. The number of nitrogens with zero attached hydrogens (tertiary/aromatic N) is 5. The summed E-state index contributed by atoms with van der Waals surface area (Å²) in [4.78, 5) is 77.0. The molecule has 2 aromatic carbocycles. The van der Waals surface area contributed by atoms with Crippen LogP contribution in [0.4, 0.5) is 5.69 Å². The highest BCUT2D eigenvalue weighted by molar-refractivity contribution is 6.30. The minimum atomic E-state index is -0.735. The largest absolute Gasteiger partial charge is 0.372 e. The van der Waals surface area contributed by atoms with E-state index in [1.807, 2.05) is 53.1 Å². The summed E-state index contributed by atoms with van der Waals surface area (Å²) in [5, 5.41) is 3.19. The zero-order valence-corrected chi connectivity index (χ0v) is 39.5. The SMILES string of the molecule is CC(C)CN1C(=O)[C@@](C)(CC(=O)N2CCC(C(=O)N3CCC(CC4CCN(CC5CCN(c6cccc(C7CCC(=O)NC7=O)c6)CC5)CC4)CC3)CC2)CC[C@H]1c1ccc(Cl)cc1. The summed E-state index contributed by atoms with van der Waals surface area (Å²) in [6.45, 7) is 15.4. The maximum atomic E-state index is 14.1. The molecule has 6 fully saturated rings. The van der Waals surface area contributed by atoms with Gasteiger partial charge in [-0.25, -0.2) is 0 Å². The van der Waals surface area contributed by atoms with Gasteiger partial charge in [-0.1, -0.05) is 56.6 Å². The summed E-state index contributed by atoms with van der Waals surface area (Å²) in [7, 11) is 0. The van der Waals surface area contributed by atoms with E-state index in [2.05, 4.69) is 46.0 Å². The molecular weight excluding hydrogens is 824 g/mol. The molecular formula is C52H73ClN6O5. The monoisotopic (exact) mass is 897 g/mol. The quantitative estimate of drug-likeness (QED) is 0.215. The van der Waals surface area contributed by atoms with Crippen molar-refractivity contribution in [3.8, 4) is 0 Å². The highest BCUT2D eigenvalue weighted by atomic mass is 35.5. The van der Waals surface area contributed by atoms with Gasteiger partial charge in [-0.05, 0) is 149 Å². The van der Waals surface area contributed by atoms with Crippen LogP contribution in [0.2, 0.25) is 5.02 Å². The minimum absolute atomic E-state index is 0.0129. The van der Waals surface area contributed by atoms with Crippen molar-refractivity contribution in [2.75, 3.05) is 70.3 Å². The number of benzene rings is 2. The molecule has 0 bridgehead atoms. The van der Waals surface area contributed by atoms with Crippen LogP contribution in [0.3, 0.4) is 0 Å². The first-order valence-corrected chi connectivity index (χ1v) is 25.2. The van der Waals surface area contributed by atoms with Gasteiger partial charge in [-0.2, -0.15) is 0 Å². The number of piperidine rings is 6. The van der Waals surface area contributed by atoms with Gasteiger partial charge in [0, 0.05) is 81.8 Å². The van der Waals surface area contributed by atoms with Crippen LogP contribution in [0, 0.1) is 35.0 Å². The van der Waals surface area contributed by atoms with Crippen LogP contribution in [0.15, 0.2) is 48.5 Å². The van der Waals surface area contributed by atoms with E-state index >= 15 is 0 Å². The molecule has 0 spiro atoms. The number of amides is 5. The Kier molecular flexibility index (Phi) is 15.1.